The van der Waals surface area contributed by atoms with Crippen LogP contribution in [0.3, 0.4) is 0 Å². The largest absolute Gasteiger partial charge is 0.338 e. The zero-order valence-electron chi connectivity index (χ0n) is 10.1. The van der Waals surface area contributed by atoms with Gasteiger partial charge < -0.3 is 4.52 Å². The highest BCUT2D eigenvalue weighted by Gasteiger charge is 2.19. The lowest BCUT2D eigenvalue weighted by molar-refractivity contribution is 0.375. The van der Waals surface area contributed by atoms with Gasteiger partial charge in [0.25, 0.3) is 0 Å². The van der Waals surface area contributed by atoms with Gasteiger partial charge in [-0.15, -0.1) is 0 Å². The highest BCUT2D eigenvalue weighted by molar-refractivity contribution is 7.84. The van der Waals surface area contributed by atoms with E-state index in [1.165, 1.54) is 12.1 Å². The van der Waals surface area contributed by atoms with Crippen molar-refractivity contribution in [1.82, 2.24) is 10.1 Å². The Morgan fingerprint density at radius 1 is 1.39 bits per heavy atom. The van der Waals surface area contributed by atoms with E-state index in [1.54, 1.807) is 26.0 Å². The van der Waals surface area contributed by atoms with Gasteiger partial charge in [-0.1, -0.05) is 17.3 Å². The Hall–Kier alpha value is -1.56. The van der Waals surface area contributed by atoms with Gasteiger partial charge in [0.05, 0.1) is 0 Å². The first kappa shape index (κ1) is 12.9. The van der Waals surface area contributed by atoms with Crippen molar-refractivity contribution >= 4 is 10.8 Å². The molecular weight excluding hydrogens is 255 g/mol. The fourth-order valence-electron chi connectivity index (χ4n) is 1.46. The maximum Gasteiger partial charge on any atom is 0.242 e. The molecule has 18 heavy (non-hydrogen) atoms. The second kappa shape index (κ2) is 5.39. The Labute approximate surface area is 107 Å². The normalized spacial score (nSPS) is 14.4. The van der Waals surface area contributed by atoms with Gasteiger partial charge in [0, 0.05) is 16.6 Å². The highest BCUT2D eigenvalue weighted by atomic mass is 32.2. The molecule has 0 spiro atoms. The van der Waals surface area contributed by atoms with Crippen molar-refractivity contribution in [3.63, 3.8) is 0 Å². The molecule has 6 heteroatoms. The molecule has 1 heterocycles. The number of hydrogen-bond donors (Lipinski definition) is 0. The Balaban J connectivity index is 2.05. The molecule has 2 rings (SSSR count). The first-order valence-corrected chi connectivity index (χ1v) is 6.86. The molecule has 0 saturated heterocycles. The Kier molecular flexibility index (Phi) is 3.86. The summed E-state index contributed by atoms with van der Waals surface area (Å²) in [5.41, 5.74) is 0.817. The van der Waals surface area contributed by atoms with Crippen LogP contribution in [0, 0.1) is 12.7 Å². The quantitative estimate of drug-likeness (QED) is 0.855. The summed E-state index contributed by atoms with van der Waals surface area (Å²) in [6, 6.07) is 5.96. The topological polar surface area (TPSA) is 56.0 Å². The van der Waals surface area contributed by atoms with Gasteiger partial charge in [0.15, 0.2) is 5.82 Å². The molecular formula is C12H13FN2O2S. The van der Waals surface area contributed by atoms with Crippen LogP contribution in [0.25, 0.3) is 0 Å². The molecule has 96 valence electrons. The smallest absolute Gasteiger partial charge is 0.242 e. The summed E-state index contributed by atoms with van der Waals surface area (Å²) in [5.74, 6) is 0.928. The summed E-state index contributed by atoms with van der Waals surface area (Å²) in [5, 5.41) is 3.33. The molecule has 0 bridgehead atoms. The summed E-state index contributed by atoms with van der Waals surface area (Å²) in [7, 11) is -1.18. The predicted molar refractivity (Wildman–Crippen MR) is 65.7 cm³/mol. The third kappa shape index (κ3) is 3.01. The van der Waals surface area contributed by atoms with Gasteiger partial charge in [0.2, 0.25) is 5.89 Å². The van der Waals surface area contributed by atoms with Gasteiger partial charge in [-0.2, -0.15) is 4.98 Å². The first-order valence-electron chi connectivity index (χ1n) is 5.48. The predicted octanol–water partition coefficient (Wildman–Crippen LogP) is 2.53. The second-order valence-corrected chi connectivity index (χ2v) is 5.73. The fourth-order valence-corrected chi connectivity index (χ4v) is 2.55. The number of nitrogens with zero attached hydrogens (tertiary/aromatic N) is 2. The summed E-state index contributed by atoms with van der Waals surface area (Å²) in [6.45, 7) is 3.48. The van der Waals surface area contributed by atoms with Crippen LogP contribution < -0.4 is 0 Å². The molecule has 4 nitrogen and oxygen atoms in total. The van der Waals surface area contributed by atoms with Crippen molar-refractivity contribution < 1.29 is 13.1 Å². The minimum Gasteiger partial charge on any atom is -0.338 e. The van der Waals surface area contributed by atoms with Crippen LogP contribution in [0.1, 0.15) is 29.5 Å². The van der Waals surface area contributed by atoms with Gasteiger partial charge >= 0.3 is 0 Å². The van der Waals surface area contributed by atoms with Crippen molar-refractivity contribution in [2.45, 2.75) is 24.9 Å². The Morgan fingerprint density at radius 2 is 2.06 bits per heavy atom. The van der Waals surface area contributed by atoms with Gasteiger partial charge in [-0.3, -0.25) is 4.21 Å². The molecule has 2 unspecified atom stereocenters. The Morgan fingerprint density at radius 3 is 2.61 bits per heavy atom. The van der Waals surface area contributed by atoms with Crippen LogP contribution in [0.5, 0.6) is 0 Å². The van der Waals surface area contributed by atoms with Crippen LogP contribution in [0.15, 0.2) is 28.8 Å². The maximum absolute atomic E-state index is 12.7. The van der Waals surface area contributed by atoms with Crippen LogP contribution in [-0.2, 0) is 16.6 Å². The third-order valence-corrected chi connectivity index (χ3v) is 4.12. The first-order chi connectivity index (χ1) is 8.56. The van der Waals surface area contributed by atoms with E-state index in [0.29, 0.717) is 17.5 Å². The monoisotopic (exact) mass is 268 g/mol. The lowest BCUT2D eigenvalue weighted by Gasteiger charge is -2.06. The van der Waals surface area contributed by atoms with E-state index < -0.39 is 10.8 Å². The molecule has 0 fully saturated rings. The van der Waals surface area contributed by atoms with Crippen molar-refractivity contribution in [3.8, 4) is 0 Å². The Bertz CT molecular complexity index is 553. The van der Waals surface area contributed by atoms with Crippen LogP contribution >= 0.6 is 0 Å². The summed E-state index contributed by atoms with van der Waals surface area (Å²) in [4.78, 5) is 4.06. The van der Waals surface area contributed by atoms with E-state index in [9.17, 15) is 8.60 Å². The van der Waals surface area contributed by atoms with Gasteiger partial charge in [-0.25, -0.2) is 4.39 Å². The number of aryl methyl sites for hydroxylation is 1. The zero-order valence-corrected chi connectivity index (χ0v) is 10.9. The molecule has 0 N–H and O–H groups in total. The van der Waals surface area contributed by atoms with E-state index in [2.05, 4.69) is 10.1 Å². The number of halogens is 1. The molecule has 2 aromatic rings. The van der Waals surface area contributed by atoms with E-state index >= 15 is 0 Å². The summed E-state index contributed by atoms with van der Waals surface area (Å²) < 4.78 is 29.8. The summed E-state index contributed by atoms with van der Waals surface area (Å²) >= 11 is 0. The number of benzene rings is 1. The molecule has 0 amide bonds. The molecule has 1 aromatic carbocycles. The second-order valence-electron chi connectivity index (χ2n) is 3.97. The highest BCUT2D eigenvalue weighted by Crippen LogP contribution is 2.20. The van der Waals surface area contributed by atoms with Gasteiger partial charge in [-0.05, 0) is 31.5 Å². The fraction of sp³-hybridized carbons (Fsp3) is 0.333. The van der Waals surface area contributed by atoms with Crippen LogP contribution in [-0.4, -0.2) is 14.3 Å². The average molecular weight is 268 g/mol. The third-order valence-electron chi connectivity index (χ3n) is 2.51. The van der Waals surface area contributed by atoms with Crippen molar-refractivity contribution in [2.75, 3.05) is 0 Å². The SMILES string of the molecule is Cc1noc(C(C)S(=O)Cc2ccc(F)cc2)n1. The molecule has 0 saturated carbocycles. The zero-order chi connectivity index (χ0) is 13.1. The maximum atomic E-state index is 12.7. The molecule has 1 aromatic heterocycles. The van der Waals surface area contributed by atoms with Crippen LogP contribution in [0.4, 0.5) is 4.39 Å². The van der Waals surface area contributed by atoms with Crippen molar-refractivity contribution in [1.29, 1.82) is 0 Å². The minimum atomic E-state index is -1.18. The lowest BCUT2D eigenvalue weighted by atomic mass is 10.2. The van der Waals surface area contributed by atoms with E-state index in [0.717, 1.165) is 5.56 Å². The standard InChI is InChI=1S/C12H13FN2O2S/c1-8(12-14-9(2)15-17-12)18(16)7-10-3-5-11(13)6-4-10/h3-6,8H,7H2,1-2H3. The van der Waals surface area contributed by atoms with Crippen molar-refractivity contribution in [2.24, 2.45) is 0 Å². The molecule has 0 aliphatic heterocycles. The average Bonchev–Trinajstić information content (AvgIpc) is 2.78. The van der Waals surface area contributed by atoms with E-state index in [-0.39, 0.29) is 11.1 Å². The summed E-state index contributed by atoms with van der Waals surface area (Å²) in [6.07, 6.45) is 0. The van der Waals surface area contributed by atoms with E-state index in [4.69, 9.17) is 4.52 Å². The number of aromatic nitrogens is 2. The minimum absolute atomic E-state index is 0.301. The number of hydrogen-bond acceptors (Lipinski definition) is 4. The van der Waals surface area contributed by atoms with E-state index in [1.807, 2.05) is 0 Å². The van der Waals surface area contributed by atoms with Gasteiger partial charge in [0.1, 0.15) is 11.1 Å². The molecule has 0 aliphatic rings. The number of rotatable bonds is 4. The molecule has 2 atom stereocenters. The molecule has 0 radical (unpaired) electrons. The van der Waals surface area contributed by atoms with Crippen LogP contribution in [0.2, 0.25) is 0 Å². The molecule has 0 aliphatic carbocycles. The lowest BCUT2D eigenvalue weighted by Crippen LogP contribution is -2.06. The van der Waals surface area contributed by atoms with Crippen molar-refractivity contribution in [3.05, 3.63) is 47.4 Å².